The summed E-state index contributed by atoms with van der Waals surface area (Å²) in [6.07, 6.45) is 2.62. The van der Waals surface area contributed by atoms with E-state index in [1.807, 2.05) is 25.2 Å². The number of ether oxygens (including phenoxy) is 2. The third-order valence-electron chi connectivity index (χ3n) is 2.99. The van der Waals surface area contributed by atoms with E-state index in [0.29, 0.717) is 19.0 Å². The molecule has 0 fully saturated rings. The van der Waals surface area contributed by atoms with Crippen molar-refractivity contribution in [3.05, 3.63) is 28.9 Å². The van der Waals surface area contributed by atoms with Crippen LogP contribution in [0.15, 0.2) is 28.9 Å². The van der Waals surface area contributed by atoms with Crippen LogP contribution in [-0.4, -0.2) is 30.2 Å². The Morgan fingerprint density at radius 1 is 1.20 bits per heavy atom. The molecule has 0 saturated carbocycles. The molecule has 20 heavy (non-hydrogen) atoms. The Bertz CT molecular complexity index is 634. The Kier molecular flexibility index (Phi) is 3.73. The highest BCUT2D eigenvalue weighted by atomic mass is 79.9. The minimum absolute atomic E-state index is 0.646. The Hall–Kier alpha value is -1.82. The molecule has 0 radical (unpaired) electrons. The SMILES string of the molecule is CNc1nc(-c2ccc3c(c2)OCCCO3)ncc1Br. The zero-order valence-corrected chi connectivity index (χ0v) is 12.6. The van der Waals surface area contributed by atoms with Gasteiger partial charge in [0, 0.05) is 25.2 Å². The molecule has 0 atom stereocenters. The molecule has 2 aromatic rings. The number of benzene rings is 1. The standard InChI is InChI=1S/C14H14BrN3O2/c1-16-14-10(15)8-17-13(18-14)9-3-4-11-12(7-9)20-6-2-5-19-11/h3-4,7-8H,2,5-6H2,1H3,(H,16,17,18). The second kappa shape index (κ2) is 5.66. The van der Waals surface area contributed by atoms with Gasteiger partial charge in [0.15, 0.2) is 17.3 Å². The molecular weight excluding hydrogens is 322 g/mol. The number of nitrogens with one attached hydrogen (secondary N) is 1. The van der Waals surface area contributed by atoms with Gasteiger partial charge in [-0.3, -0.25) is 0 Å². The summed E-state index contributed by atoms with van der Waals surface area (Å²) in [5, 5.41) is 3.02. The number of aromatic nitrogens is 2. The fourth-order valence-corrected chi connectivity index (χ4v) is 2.37. The van der Waals surface area contributed by atoms with Gasteiger partial charge in [-0.25, -0.2) is 9.97 Å². The van der Waals surface area contributed by atoms with Crippen molar-refractivity contribution in [3.8, 4) is 22.9 Å². The zero-order chi connectivity index (χ0) is 13.9. The van der Waals surface area contributed by atoms with Crippen LogP contribution < -0.4 is 14.8 Å². The number of hydrogen-bond acceptors (Lipinski definition) is 5. The zero-order valence-electron chi connectivity index (χ0n) is 11.0. The van der Waals surface area contributed by atoms with Crippen LogP contribution >= 0.6 is 15.9 Å². The van der Waals surface area contributed by atoms with E-state index in [9.17, 15) is 0 Å². The molecule has 2 heterocycles. The summed E-state index contributed by atoms with van der Waals surface area (Å²) >= 11 is 3.40. The number of fused-ring (bicyclic) bond motifs is 1. The van der Waals surface area contributed by atoms with Crippen molar-refractivity contribution in [3.63, 3.8) is 0 Å². The van der Waals surface area contributed by atoms with Crippen molar-refractivity contribution >= 4 is 21.7 Å². The molecule has 1 aliphatic rings. The molecule has 0 bridgehead atoms. The van der Waals surface area contributed by atoms with E-state index in [4.69, 9.17) is 9.47 Å². The smallest absolute Gasteiger partial charge is 0.161 e. The monoisotopic (exact) mass is 335 g/mol. The van der Waals surface area contributed by atoms with Crippen LogP contribution in [0.2, 0.25) is 0 Å². The summed E-state index contributed by atoms with van der Waals surface area (Å²) in [7, 11) is 1.82. The maximum atomic E-state index is 5.69. The van der Waals surface area contributed by atoms with Gasteiger partial charge in [0.2, 0.25) is 0 Å². The average Bonchev–Trinajstić information content (AvgIpc) is 2.72. The van der Waals surface area contributed by atoms with E-state index in [2.05, 4.69) is 31.2 Å². The van der Waals surface area contributed by atoms with E-state index in [1.165, 1.54) is 0 Å². The number of anilines is 1. The molecule has 1 aromatic heterocycles. The van der Waals surface area contributed by atoms with E-state index >= 15 is 0 Å². The van der Waals surface area contributed by atoms with Gasteiger partial charge in [-0.1, -0.05) is 0 Å². The summed E-state index contributed by atoms with van der Waals surface area (Å²) in [5.74, 6) is 2.92. The molecule has 104 valence electrons. The summed E-state index contributed by atoms with van der Waals surface area (Å²) in [6, 6.07) is 5.76. The number of rotatable bonds is 2. The van der Waals surface area contributed by atoms with Crippen LogP contribution in [0, 0.1) is 0 Å². The highest BCUT2D eigenvalue weighted by Crippen LogP contribution is 2.33. The van der Waals surface area contributed by atoms with E-state index in [-0.39, 0.29) is 0 Å². The highest BCUT2D eigenvalue weighted by Gasteiger charge is 2.13. The van der Waals surface area contributed by atoms with Crippen molar-refractivity contribution < 1.29 is 9.47 Å². The summed E-state index contributed by atoms with van der Waals surface area (Å²) < 4.78 is 12.1. The first kappa shape index (κ1) is 13.2. The summed E-state index contributed by atoms with van der Waals surface area (Å²) in [4.78, 5) is 8.80. The Labute approximate surface area is 125 Å². The summed E-state index contributed by atoms with van der Waals surface area (Å²) in [5.41, 5.74) is 0.901. The predicted molar refractivity (Wildman–Crippen MR) is 80.3 cm³/mol. The first-order valence-corrected chi connectivity index (χ1v) is 7.17. The first-order chi connectivity index (χ1) is 9.78. The van der Waals surface area contributed by atoms with Crippen LogP contribution in [0.25, 0.3) is 11.4 Å². The Morgan fingerprint density at radius 2 is 2.00 bits per heavy atom. The van der Waals surface area contributed by atoms with Gasteiger partial charge in [-0.2, -0.15) is 0 Å². The van der Waals surface area contributed by atoms with Gasteiger partial charge in [0.05, 0.1) is 17.7 Å². The van der Waals surface area contributed by atoms with Crippen LogP contribution in [0.1, 0.15) is 6.42 Å². The molecule has 6 heteroatoms. The van der Waals surface area contributed by atoms with Crippen molar-refractivity contribution in [1.29, 1.82) is 0 Å². The molecule has 1 N–H and O–H groups in total. The van der Waals surface area contributed by atoms with Gasteiger partial charge in [-0.15, -0.1) is 0 Å². The molecule has 0 unspecified atom stereocenters. The number of nitrogens with zero attached hydrogens (tertiary/aromatic N) is 2. The lowest BCUT2D eigenvalue weighted by Gasteiger charge is -2.09. The predicted octanol–water partition coefficient (Wildman–Crippen LogP) is 3.11. The Balaban J connectivity index is 2.00. The van der Waals surface area contributed by atoms with Crippen molar-refractivity contribution in [2.45, 2.75) is 6.42 Å². The fourth-order valence-electron chi connectivity index (χ4n) is 1.98. The van der Waals surface area contributed by atoms with E-state index < -0.39 is 0 Å². The topological polar surface area (TPSA) is 56.3 Å². The molecular formula is C14H14BrN3O2. The number of hydrogen-bond donors (Lipinski definition) is 1. The molecule has 3 rings (SSSR count). The van der Waals surface area contributed by atoms with Gasteiger partial charge < -0.3 is 14.8 Å². The molecule has 1 aliphatic heterocycles. The van der Waals surface area contributed by atoms with Crippen molar-refractivity contribution in [2.24, 2.45) is 0 Å². The van der Waals surface area contributed by atoms with Gasteiger partial charge in [-0.05, 0) is 34.1 Å². The minimum atomic E-state index is 0.646. The second-order valence-corrected chi connectivity index (χ2v) is 5.21. The third kappa shape index (κ3) is 2.56. The maximum absolute atomic E-state index is 5.69. The van der Waals surface area contributed by atoms with E-state index in [1.54, 1.807) is 6.20 Å². The molecule has 0 spiro atoms. The molecule has 0 amide bonds. The van der Waals surface area contributed by atoms with E-state index in [0.717, 1.165) is 33.8 Å². The second-order valence-electron chi connectivity index (χ2n) is 4.35. The lowest BCUT2D eigenvalue weighted by molar-refractivity contribution is 0.297. The molecule has 5 nitrogen and oxygen atoms in total. The normalized spacial score (nSPS) is 13.7. The molecule has 0 saturated heterocycles. The van der Waals surface area contributed by atoms with Crippen LogP contribution in [-0.2, 0) is 0 Å². The van der Waals surface area contributed by atoms with Crippen LogP contribution in [0.5, 0.6) is 11.5 Å². The average molecular weight is 336 g/mol. The first-order valence-electron chi connectivity index (χ1n) is 6.38. The maximum Gasteiger partial charge on any atom is 0.161 e. The molecule has 0 aliphatic carbocycles. The number of halogens is 1. The van der Waals surface area contributed by atoms with Gasteiger partial charge >= 0.3 is 0 Å². The van der Waals surface area contributed by atoms with Crippen molar-refractivity contribution in [1.82, 2.24) is 9.97 Å². The quantitative estimate of drug-likeness (QED) is 0.913. The third-order valence-corrected chi connectivity index (χ3v) is 3.57. The Morgan fingerprint density at radius 3 is 2.80 bits per heavy atom. The van der Waals surface area contributed by atoms with Crippen LogP contribution in [0.4, 0.5) is 5.82 Å². The van der Waals surface area contributed by atoms with Gasteiger partial charge in [0.1, 0.15) is 5.82 Å². The highest BCUT2D eigenvalue weighted by molar-refractivity contribution is 9.10. The fraction of sp³-hybridized carbons (Fsp3) is 0.286. The summed E-state index contributed by atoms with van der Waals surface area (Å²) in [6.45, 7) is 1.35. The lowest BCUT2D eigenvalue weighted by atomic mass is 10.2. The van der Waals surface area contributed by atoms with Crippen LogP contribution in [0.3, 0.4) is 0 Å². The van der Waals surface area contributed by atoms with Gasteiger partial charge in [0.25, 0.3) is 0 Å². The van der Waals surface area contributed by atoms with Crippen molar-refractivity contribution in [2.75, 3.05) is 25.6 Å². The molecule has 1 aromatic carbocycles. The largest absolute Gasteiger partial charge is 0.490 e. The lowest BCUT2D eigenvalue weighted by Crippen LogP contribution is -1.98. The minimum Gasteiger partial charge on any atom is -0.490 e.